The first-order chi connectivity index (χ1) is 10.7. The van der Waals surface area contributed by atoms with Gasteiger partial charge >= 0.3 is 0 Å². The Bertz CT molecular complexity index is 748. The van der Waals surface area contributed by atoms with E-state index in [0.29, 0.717) is 11.5 Å². The zero-order chi connectivity index (χ0) is 15.4. The van der Waals surface area contributed by atoms with Crippen LogP contribution in [0, 0.1) is 0 Å². The summed E-state index contributed by atoms with van der Waals surface area (Å²) in [7, 11) is -0.979. The van der Waals surface area contributed by atoms with Crippen molar-refractivity contribution in [1.29, 1.82) is 0 Å². The summed E-state index contributed by atoms with van der Waals surface area (Å²) >= 11 is 3.26. The average Bonchev–Trinajstić information content (AvgIpc) is 3.19. The number of rotatable bonds is 6. The Morgan fingerprint density at radius 2 is 1.82 bits per heavy atom. The minimum atomic E-state index is -0.979. The highest BCUT2D eigenvalue weighted by molar-refractivity contribution is 7.83. The van der Waals surface area contributed by atoms with Crippen LogP contribution in [-0.4, -0.2) is 14.3 Å². The van der Waals surface area contributed by atoms with Gasteiger partial charge in [0.15, 0.2) is 0 Å². The molecule has 0 amide bonds. The van der Waals surface area contributed by atoms with Gasteiger partial charge in [-0.15, -0.1) is 22.7 Å². The van der Waals surface area contributed by atoms with Gasteiger partial charge < -0.3 is 5.11 Å². The van der Waals surface area contributed by atoms with Gasteiger partial charge in [0, 0.05) is 21.9 Å². The fourth-order valence-corrected chi connectivity index (χ4v) is 4.91. The van der Waals surface area contributed by atoms with Gasteiger partial charge in [0.1, 0.15) is 5.01 Å². The molecule has 0 aliphatic carbocycles. The number of thiophene rings is 1. The van der Waals surface area contributed by atoms with Crippen molar-refractivity contribution in [3.8, 4) is 9.88 Å². The molecule has 0 saturated heterocycles. The van der Waals surface area contributed by atoms with E-state index in [1.165, 1.54) is 0 Å². The number of benzene rings is 1. The monoisotopic (exact) mass is 349 g/mol. The van der Waals surface area contributed by atoms with Gasteiger partial charge in [-0.2, -0.15) is 0 Å². The standard InChI is InChI=1S/C16H15NO2S3/c18-8-12-3-5-13(6-4-12)10-22(19)11-14-9-21-16(17-14)15-2-1-7-20-15/h1-7,9,18H,8,10-11H2. The van der Waals surface area contributed by atoms with E-state index in [1.54, 1.807) is 22.7 Å². The molecule has 3 nitrogen and oxygen atoms in total. The van der Waals surface area contributed by atoms with Gasteiger partial charge in [-0.05, 0) is 22.6 Å². The quantitative estimate of drug-likeness (QED) is 0.736. The van der Waals surface area contributed by atoms with E-state index in [1.807, 2.05) is 47.2 Å². The molecule has 2 aromatic heterocycles. The normalized spacial score (nSPS) is 12.4. The van der Waals surface area contributed by atoms with Crippen molar-refractivity contribution in [2.75, 3.05) is 0 Å². The second kappa shape index (κ2) is 7.28. The minimum Gasteiger partial charge on any atom is -0.392 e. The molecule has 0 spiro atoms. The summed E-state index contributed by atoms with van der Waals surface area (Å²) in [5, 5.41) is 14.0. The van der Waals surface area contributed by atoms with Crippen LogP contribution < -0.4 is 0 Å². The van der Waals surface area contributed by atoms with Crippen LogP contribution in [0.15, 0.2) is 47.2 Å². The lowest BCUT2D eigenvalue weighted by Crippen LogP contribution is -2.00. The number of nitrogens with zero attached hydrogens (tertiary/aromatic N) is 1. The van der Waals surface area contributed by atoms with Crippen molar-refractivity contribution in [3.05, 3.63) is 64.0 Å². The molecule has 0 fully saturated rings. The molecule has 1 aromatic carbocycles. The second-order valence-corrected chi connectivity index (χ2v) is 8.09. The average molecular weight is 350 g/mol. The van der Waals surface area contributed by atoms with Gasteiger partial charge in [-0.3, -0.25) is 4.21 Å². The van der Waals surface area contributed by atoms with Gasteiger partial charge in [0.25, 0.3) is 0 Å². The lowest BCUT2D eigenvalue weighted by atomic mass is 10.2. The van der Waals surface area contributed by atoms with Crippen molar-refractivity contribution < 1.29 is 9.32 Å². The fraction of sp³-hybridized carbons (Fsp3) is 0.188. The van der Waals surface area contributed by atoms with Crippen LogP contribution in [0.2, 0.25) is 0 Å². The predicted octanol–water partition coefficient (Wildman–Crippen LogP) is 3.81. The van der Waals surface area contributed by atoms with Crippen LogP contribution in [0.3, 0.4) is 0 Å². The van der Waals surface area contributed by atoms with E-state index >= 15 is 0 Å². The number of hydrogen-bond donors (Lipinski definition) is 1. The van der Waals surface area contributed by atoms with Gasteiger partial charge in [0.05, 0.1) is 22.9 Å². The molecule has 114 valence electrons. The lowest BCUT2D eigenvalue weighted by molar-refractivity contribution is 0.282. The molecule has 0 aliphatic heterocycles. The van der Waals surface area contributed by atoms with E-state index in [-0.39, 0.29) is 6.61 Å². The molecular weight excluding hydrogens is 334 g/mol. The van der Waals surface area contributed by atoms with Crippen molar-refractivity contribution in [1.82, 2.24) is 4.98 Å². The number of hydrogen-bond acceptors (Lipinski definition) is 5. The molecule has 3 rings (SSSR count). The molecule has 1 N–H and O–H groups in total. The first-order valence-corrected chi connectivity index (χ1v) is 10.0. The Kier molecular flexibility index (Phi) is 5.15. The summed E-state index contributed by atoms with van der Waals surface area (Å²) < 4.78 is 12.3. The first kappa shape index (κ1) is 15.6. The van der Waals surface area contributed by atoms with Crippen molar-refractivity contribution in [3.63, 3.8) is 0 Å². The summed E-state index contributed by atoms with van der Waals surface area (Å²) in [6.07, 6.45) is 0. The van der Waals surface area contributed by atoms with Crippen LogP contribution in [-0.2, 0) is 28.9 Å². The summed E-state index contributed by atoms with van der Waals surface area (Å²) in [6, 6.07) is 11.6. The third-order valence-corrected chi connectivity index (χ3v) is 6.33. The fourth-order valence-electron chi connectivity index (χ4n) is 2.03. The lowest BCUT2D eigenvalue weighted by Gasteiger charge is -2.02. The second-order valence-electron chi connectivity index (χ2n) is 4.82. The Morgan fingerprint density at radius 3 is 2.50 bits per heavy atom. The third-order valence-electron chi connectivity index (χ3n) is 3.13. The Morgan fingerprint density at radius 1 is 1.05 bits per heavy atom. The SMILES string of the molecule is O=S(Cc1ccc(CO)cc1)Cc1csc(-c2cccs2)n1. The minimum absolute atomic E-state index is 0.0354. The molecule has 0 saturated carbocycles. The highest BCUT2D eigenvalue weighted by atomic mass is 32.2. The highest BCUT2D eigenvalue weighted by Crippen LogP contribution is 2.28. The number of thiazole rings is 1. The largest absolute Gasteiger partial charge is 0.392 e. The van der Waals surface area contributed by atoms with Crippen molar-refractivity contribution in [2.45, 2.75) is 18.1 Å². The van der Waals surface area contributed by atoms with Gasteiger partial charge in [-0.25, -0.2) is 4.98 Å². The zero-order valence-corrected chi connectivity index (χ0v) is 14.2. The number of aliphatic hydroxyl groups is 1. The predicted molar refractivity (Wildman–Crippen MR) is 93.3 cm³/mol. The Balaban J connectivity index is 1.61. The molecule has 1 unspecified atom stereocenters. The zero-order valence-electron chi connectivity index (χ0n) is 11.8. The van der Waals surface area contributed by atoms with Crippen LogP contribution >= 0.6 is 22.7 Å². The Labute approximate surface area is 139 Å². The molecule has 1 atom stereocenters. The number of aromatic nitrogens is 1. The topological polar surface area (TPSA) is 50.2 Å². The molecule has 3 aromatic rings. The van der Waals surface area contributed by atoms with E-state index in [2.05, 4.69) is 4.98 Å². The maximum atomic E-state index is 12.3. The van der Waals surface area contributed by atoms with E-state index in [0.717, 1.165) is 26.7 Å². The smallest absolute Gasteiger partial charge is 0.133 e. The summed E-state index contributed by atoms with van der Waals surface area (Å²) in [5.41, 5.74) is 2.78. The van der Waals surface area contributed by atoms with E-state index < -0.39 is 10.8 Å². The maximum absolute atomic E-state index is 12.3. The van der Waals surface area contributed by atoms with Gasteiger partial charge in [-0.1, -0.05) is 30.3 Å². The molecule has 0 bridgehead atoms. The van der Waals surface area contributed by atoms with E-state index in [4.69, 9.17) is 5.11 Å². The van der Waals surface area contributed by atoms with Crippen LogP contribution in [0.5, 0.6) is 0 Å². The van der Waals surface area contributed by atoms with Crippen LogP contribution in [0.1, 0.15) is 16.8 Å². The highest BCUT2D eigenvalue weighted by Gasteiger charge is 2.09. The van der Waals surface area contributed by atoms with Crippen LogP contribution in [0.4, 0.5) is 0 Å². The summed E-state index contributed by atoms with van der Waals surface area (Å²) in [6.45, 7) is 0.0354. The molecule has 0 radical (unpaired) electrons. The molecule has 2 heterocycles. The molecular formula is C16H15NO2S3. The number of aliphatic hydroxyl groups excluding tert-OH is 1. The van der Waals surface area contributed by atoms with Gasteiger partial charge in [0.2, 0.25) is 0 Å². The molecule has 22 heavy (non-hydrogen) atoms. The Hall–Kier alpha value is -1.34. The summed E-state index contributed by atoms with van der Waals surface area (Å²) in [5.74, 6) is 0.987. The third kappa shape index (κ3) is 3.89. The maximum Gasteiger partial charge on any atom is 0.133 e. The van der Waals surface area contributed by atoms with E-state index in [9.17, 15) is 4.21 Å². The molecule has 0 aliphatic rings. The first-order valence-electron chi connectivity index (χ1n) is 6.76. The van der Waals surface area contributed by atoms with Crippen molar-refractivity contribution in [2.24, 2.45) is 0 Å². The van der Waals surface area contributed by atoms with Crippen molar-refractivity contribution >= 4 is 33.5 Å². The summed E-state index contributed by atoms with van der Waals surface area (Å²) in [4.78, 5) is 5.72. The molecule has 6 heteroatoms. The van der Waals surface area contributed by atoms with Crippen LogP contribution in [0.25, 0.3) is 9.88 Å².